The second kappa shape index (κ2) is 4.62. The van der Waals surface area contributed by atoms with Gasteiger partial charge in [-0.15, -0.1) is 0 Å². The fourth-order valence-electron chi connectivity index (χ4n) is 3.47. The summed E-state index contributed by atoms with van der Waals surface area (Å²) in [6.45, 7) is 0. The van der Waals surface area contributed by atoms with Gasteiger partial charge in [-0.25, -0.2) is 0 Å². The van der Waals surface area contributed by atoms with Crippen molar-refractivity contribution in [3.05, 3.63) is 41.2 Å². The van der Waals surface area contributed by atoms with Crippen molar-refractivity contribution in [3.63, 3.8) is 0 Å². The predicted octanol–water partition coefficient (Wildman–Crippen LogP) is 4.34. The number of aldehydes is 1. The van der Waals surface area contributed by atoms with E-state index in [-0.39, 0.29) is 0 Å². The first kappa shape index (κ1) is 12.5. The number of hydrogen-bond acceptors (Lipinski definition) is 3. The number of carbonyl (C=O) groups excluding carboxylic acids is 1. The summed E-state index contributed by atoms with van der Waals surface area (Å²) in [5.74, 6) is 2.66. The van der Waals surface area contributed by atoms with Crippen LogP contribution >= 0.6 is 0 Å². The summed E-state index contributed by atoms with van der Waals surface area (Å²) in [7, 11) is 1.63. The molecule has 106 valence electrons. The van der Waals surface area contributed by atoms with E-state index in [1.54, 1.807) is 7.11 Å². The van der Waals surface area contributed by atoms with Crippen LogP contribution in [-0.4, -0.2) is 13.4 Å². The molecule has 1 aliphatic heterocycles. The Balaban J connectivity index is 2.11. The number of allylic oxidation sites excluding steroid dienone is 2. The van der Waals surface area contributed by atoms with E-state index in [2.05, 4.69) is 6.07 Å². The monoisotopic (exact) mass is 280 g/mol. The highest BCUT2D eigenvalue weighted by Crippen LogP contribution is 2.47. The van der Waals surface area contributed by atoms with Gasteiger partial charge in [-0.05, 0) is 48.6 Å². The highest BCUT2D eigenvalue weighted by atomic mass is 16.5. The van der Waals surface area contributed by atoms with Gasteiger partial charge in [0.25, 0.3) is 0 Å². The maximum absolute atomic E-state index is 11.4. The molecule has 0 unspecified atom stereocenters. The zero-order valence-electron chi connectivity index (χ0n) is 11.9. The average molecular weight is 280 g/mol. The van der Waals surface area contributed by atoms with E-state index in [4.69, 9.17) is 9.47 Å². The van der Waals surface area contributed by atoms with Crippen molar-refractivity contribution in [2.45, 2.75) is 25.7 Å². The third-order valence-electron chi connectivity index (χ3n) is 4.44. The van der Waals surface area contributed by atoms with Crippen LogP contribution in [0.2, 0.25) is 0 Å². The van der Waals surface area contributed by atoms with Crippen molar-refractivity contribution >= 4 is 22.6 Å². The molecule has 0 saturated carbocycles. The maximum Gasteiger partial charge on any atom is 0.150 e. The molecule has 0 spiro atoms. The molecule has 21 heavy (non-hydrogen) atoms. The maximum atomic E-state index is 11.4. The molecule has 0 atom stereocenters. The first-order chi connectivity index (χ1) is 10.3. The van der Waals surface area contributed by atoms with Crippen LogP contribution in [0.15, 0.2) is 30.0 Å². The normalized spacial score (nSPS) is 16.4. The van der Waals surface area contributed by atoms with Crippen LogP contribution in [0, 0.1) is 0 Å². The second-order valence-corrected chi connectivity index (χ2v) is 5.55. The van der Waals surface area contributed by atoms with Crippen molar-refractivity contribution in [1.82, 2.24) is 0 Å². The van der Waals surface area contributed by atoms with Gasteiger partial charge in [0.2, 0.25) is 0 Å². The molecule has 0 bridgehead atoms. The van der Waals surface area contributed by atoms with Crippen LogP contribution < -0.4 is 9.47 Å². The predicted molar refractivity (Wildman–Crippen MR) is 81.9 cm³/mol. The van der Waals surface area contributed by atoms with Gasteiger partial charge in [0.15, 0.2) is 6.29 Å². The van der Waals surface area contributed by atoms with Gasteiger partial charge in [-0.3, -0.25) is 4.79 Å². The summed E-state index contributed by atoms with van der Waals surface area (Å²) in [6, 6.07) is 7.76. The largest absolute Gasteiger partial charge is 0.496 e. The van der Waals surface area contributed by atoms with Gasteiger partial charge in [0.05, 0.1) is 7.11 Å². The molecule has 2 aliphatic rings. The van der Waals surface area contributed by atoms with Crippen LogP contribution in [-0.2, 0) is 0 Å². The highest BCUT2D eigenvalue weighted by molar-refractivity contribution is 6.10. The van der Waals surface area contributed by atoms with Gasteiger partial charge in [-0.2, -0.15) is 0 Å². The molecular formula is C18H16O3. The fourth-order valence-corrected chi connectivity index (χ4v) is 3.47. The fraction of sp³-hybridized carbons (Fsp3) is 0.278. The zero-order chi connectivity index (χ0) is 14.4. The first-order valence-corrected chi connectivity index (χ1v) is 7.32. The summed E-state index contributed by atoms with van der Waals surface area (Å²) in [5, 5.41) is 1.87. The third kappa shape index (κ3) is 1.70. The number of ether oxygens (including phenoxy) is 2. The Labute approximate surface area is 123 Å². The number of fused-ring (bicyclic) bond motifs is 1. The molecule has 0 fully saturated rings. The molecule has 0 saturated heterocycles. The zero-order valence-corrected chi connectivity index (χ0v) is 11.9. The molecule has 3 nitrogen and oxygen atoms in total. The number of rotatable bonds is 2. The number of benzene rings is 2. The van der Waals surface area contributed by atoms with Crippen molar-refractivity contribution in [2.24, 2.45) is 0 Å². The van der Waals surface area contributed by atoms with Crippen LogP contribution in [0.25, 0.3) is 16.3 Å². The molecule has 0 aromatic heterocycles. The molecule has 3 heteroatoms. The number of carbonyl (C=O) groups is 1. The summed E-state index contributed by atoms with van der Waals surface area (Å²) in [5.41, 5.74) is 3.14. The van der Waals surface area contributed by atoms with Crippen molar-refractivity contribution in [3.8, 4) is 11.5 Å². The standard InChI is InChI=1S/C18H16O3/c1-20-15-9-7-13-12-4-2-3-5-14(12)21-16-8-6-11(10-19)17(15)18(13)16/h6-10H,2-5H2,1H3. The van der Waals surface area contributed by atoms with E-state index < -0.39 is 0 Å². The Morgan fingerprint density at radius 1 is 1.10 bits per heavy atom. The quantitative estimate of drug-likeness (QED) is 0.768. The minimum atomic E-state index is 0.649. The van der Waals surface area contributed by atoms with Crippen molar-refractivity contribution in [1.29, 1.82) is 0 Å². The van der Waals surface area contributed by atoms with Gasteiger partial charge in [-0.1, -0.05) is 6.07 Å². The summed E-state index contributed by atoms with van der Waals surface area (Å²) >= 11 is 0. The van der Waals surface area contributed by atoms with Crippen LogP contribution in [0.3, 0.4) is 0 Å². The Bertz CT molecular complexity index is 787. The Morgan fingerprint density at radius 3 is 2.76 bits per heavy atom. The van der Waals surface area contributed by atoms with Crippen LogP contribution in [0.5, 0.6) is 11.5 Å². The summed E-state index contributed by atoms with van der Waals surface area (Å²) < 4.78 is 11.6. The third-order valence-corrected chi connectivity index (χ3v) is 4.44. The highest BCUT2D eigenvalue weighted by Gasteiger charge is 2.26. The van der Waals surface area contributed by atoms with E-state index in [1.165, 1.54) is 24.0 Å². The Kier molecular flexibility index (Phi) is 2.74. The van der Waals surface area contributed by atoms with Gasteiger partial charge in [0, 0.05) is 22.8 Å². The van der Waals surface area contributed by atoms with Gasteiger partial charge < -0.3 is 9.47 Å². The smallest absolute Gasteiger partial charge is 0.150 e. The minimum absolute atomic E-state index is 0.649. The molecular weight excluding hydrogens is 264 g/mol. The first-order valence-electron chi connectivity index (χ1n) is 7.32. The van der Waals surface area contributed by atoms with Gasteiger partial charge >= 0.3 is 0 Å². The lowest BCUT2D eigenvalue weighted by molar-refractivity contribution is 0.112. The van der Waals surface area contributed by atoms with E-state index >= 15 is 0 Å². The van der Waals surface area contributed by atoms with E-state index in [0.717, 1.165) is 47.2 Å². The molecule has 1 heterocycles. The van der Waals surface area contributed by atoms with Crippen LogP contribution in [0.4, 0.5) is 0 Å². The molecule has 2 aromatic rings. The number of hydrogen-bond donors (Lipinski definition) is 0. The lowest BCUT2D eigenvalue weighted by atomic mass is 9.86. The van der Waals surface area contributed by atoms with E-state index in [9.17, 15) is 4.79 Å². The minimum Gasteiger partial charge on any atom is -0.496 e. The SMILES string of the molecule is COc1ccc2c3c(ccc(C=O)c13)OC1=C2CCCC1. The molecule has 0 radical (unpaired) electrons. The Morgan fingerprint density at radius 2 is 1.95 bits per heavy atom. The second-order valence-electron chi connectivity index (χ2n) is 5.55. The summed E-state index contributed by atoms with van der Waals surface area (Å²) in [4.78, 5) is 11.4. The number of methoxy groups -OCH3 is 1. The topological polar surface area (TPSA) is 35.5 Å². The van der Waals surface area contributed by atoms with Crippen LogP contribution in [0.1, 0.15) is 41.6 Å². The van der Waals surface area contributed by atoms with Crippen molar-refractivity contribution < 1.29 is 14.3 Å². The molecule has 4 rings (SSSR count). The molecule has 2 aromatic carbocycles. The summed E-state index contributed by atoms with van der Waals surface area (Å²) in [6.07, 6.45) is 5.30. The van der Waals surface area contributed by atoms with Gasteiger partial charge in [0.1, 0.15) is 17.3 Å². The molecule has 1 aliphatic carbocycles. The van der Waals surface area contributed by atoms with E-state index in [0.29, 0.717) is 5.56 Å². The van der Waals surface area contributed by atoms with E-state index in [1.807, 2.05) is 18.2 Å². The molecule has 0 N–H and O–H groups in total. The molecule has 0 amide bonds. The average Bonchev–Trinajstić information content (AvgIpc) is 2.55. The van der Waals surface area contributed by atoms with Crippen molar-refractivity contribution in [2.75, 3.05) is 7.11 Å². The Hall–Kier alpha value is -2.29. The lowest BCUT2D eigenvalue weighted by Crippen LogP contribution is -2.11. The lowest BCUT2D eigenvalue weighted by Gasteiger charge is -2.28.